The first kappa shape index (κ1) is 17.2. The number of rotatable bonds is 5. The van der Waals surface area contributed by atoms with Crippen LogP contribution in [0.1, 0.15) is 33.5 Å². The van der Waals surface area contributed by atoms with E-state index in [0.717, 1.165) is 0 Å². The van der Waals surface area contributed by atoms with E-state index in [2.05, 4.69) is 15.4 Å². The normalized spacial score (nSPS) is 10.1. The molecule has 0 unspecified atom stereocenters. The molecule has 0 amide bonds. The van der Waals surface area contributed by atoms with Crippen molar-refractivity contribution in [2.75, 3.05) is 13.7 Å². The van der Waals surface area contributed by atoms with Crippen molar-refractivity contribution < 1.29 is 19.1 Å². The van der Waals surface area contributed by atoms with Crippen molar-refractivity contribution in [2.24, 2.45) is 5.18 Å². The van der Waals surface area contributed by atoms with Gasteiger partial charge in [0.2, 0.25) is 0 Å². The molecule has 0 fully saturated rings. The van der Waals surface area contributed by atoms with E-state index in [9.17, 15) is 14.5 Å². The van der Waals surface area contributed by atoms with Crippen molar-refractivity contribution in [3.05, 3.63) is 46.1 Å². The SMILES string of the molecule is CCOC(=O)c1c(C)nnc(C(=O)OC)c1-c1ccccc1N=O. The lowest BCUT2D eigenvalue weighted by atomic mass is 9.96. The number of ether oxygens (including phenoxy) is 2. The van der Waals surface area contributed by atoms with Gasteiger partial charge in [-0.25, -0.2) is 9.59 Å². The molecule has 2 aromatic rings. The van der Waals surface area contributed by atoms with Crippen LogP contribution in [0.25, 0.3) is 11.1 Å². The Morgan fingerprint density at radius 2 is 1.88 bits per heavy atom. The first-order valence-corrected chi connectivity index (χ1v) is 7.10. The number of benzene rings is 1. The summed E-state index contributed by atoms with van der Waals surface area (Å²) in [5, 5.41) is 10.6. The minimum atomic E-state index is -0.788. The maximum absolute atomic E-state index is 12.4. The van der Waals surface area contributed by atoms with Gasteiger partial charge in [-0.15, -0.1) is 10.0 Å². The van der Waals surface area contributed by atoms with Crippen molar-refractivity contribution >= 4 is 17.6 Å². The highest BCUT2D eigenvalue weighted by atomic mass is 16.5. The molecule has 1 heterocycles. The summed E-state index contributed by atoms with van der Waals surface area (Å²) < 4.78 is 9.75. The lowest BCUT2D eigenvalue weighted by molar-refractivity contribution is 0.0525. The largest absolute Gasteiger partial charge is 0.464 e. The van der Waals surface area contributed by atoms with Crippen molar-refractivity contribution in [3.8, 4) is 11.1 Å². The number of esters is 2. The molecule has 124 valence electrons. The van der Waals surface area contributed by atoms with Gasteiger partial charge in [0.15, 0.2) is 5.69 Å². The molecule has 8 nitrogen and oxygen atoms in total. The van der Waals surface area contributed by atoms with E-state index in [-0.39, 0.29) is 40.4 Å². The Balaban J connectivity index is 2.87. The standard InChI is InChI=1S/C16H15N3O5/c1-4-24-15(20)12-9(2)17-18-14(16(21)23-3)13(12)10-7-5-6-8-11(10)19-22/h5-8H,4H2,1-3H3. The van der Waals surface area contributed by atoms with Gasteiger partial charge in [0, 0.05) is 11.1 Å². The number of aryl methyl sites for hydroxylation is 1. The van der Waals surface area contributed by atoms with E-state index in [1.54, 1.807) is 32.0 Å². The summed E-state index contributed by atoms with van der Waals surface area (Å²) in [6.07, 6.45) is 0. The van der Waals surface area contributed by atoms with E-state index in [1.165, 1.54) is 13.2 Å². The number of nitroso groups, excluding NO2 is 1. The molecule has 1 aromatic heterocycles. The number of carbonyl (C=O) groups excluding carboxylic acids is 2. The molecule has 0 atom stereocenters. The molecule has 1 aromatic carbocycles. The molecule has 2 rings (SSSR count). The molecule has 0 radical (unpaired) electrons. The summed E-state index contributed by atoms with van der Waals surface area (Å²) in [7, 11) is 1.18. The number of hydrogen-bond donors (Lipinski definition) is 0. The fraction of sp³-hybridized carbons (Fsp3) is 0.250. The maximum Gasteiger partial charge on any atom is 0.359 e. The highest BCUT2D eigenvalue weighted by Crippen LogP contribution is 2.35. The quantitative estimate of drug-likeness (QED) is 0.613. The fourth-order valence-electron chi connectivity index (χ4n) is 2.24. The second-order valence-electron chi connectivity index (χ2n) is 4.70. The van der Waals surface area contributed by atoms with Crippen molar-refractivity contribution in [1.82, 2.24) is 10.2 Å². The summed E-state index contributed by atoms with van der Waals surface area (Å²) in [5.41, 5.74) is 0.556. The van der Waals surface area contributed by atoms with Crippen molar-refractivity contribution in [2.45, 2.75) is 13.8 Å². The summed E-state index contributed by atoms with van der Waals surface area (Å²) in [6.45, 7) is 3.35. The first-order chi connectivity index (χ1) is 11.5. The van der Waals surface area contributed by atoms with Gasteiger partial charge in [-0.05, 0) is 25.1 Å². The van der Waals surface area contributed by atoms with Gasteiger partial charge in [0.25, 0.3) is 0 Å². The van der Waals surface area contributed by atoms with Gasteiger partial charge in [0.1, 0.15) is 5.69 Å². The summed E-state index contributed by atoms with van der Waals surface area (Å²) in [6, 6.07) is 6.29. The molecule has 24 heavy (non-hydrogen) atoms. The van der Waals surface area contributed by atoms with E-state index in [0.29, 0.717) is 0 Å². The average molecular weight is 329 g/mol. The number of methoxy groups -OCH3 is 1. The third-order valence-electron chi connectivity index (χ3n) is 3.28. The molecule has 0 saturated heterocycles. The molecule has 0 N–H and O–H groups in total. The topological polar surface area (TPSA) is 108 Å². The van der Waals surface area contributed by atoms with E-state index in [1.807, 2.05) is 0 Å². The van der Waals surface area contributed by atoms with Crippen LogP contribution in [0.5, 0.6) is 0 Å². The van der Waals surface area contributed by atoms with Gasteiger partial charge < -0.3 is 9.47 Å². The Morgan fingerprint density at radius 3 is 2.50 bits per heavy atom. The molecule has 0 spiro atoms. The van der Waals surface area contributed by atoms with Crippen molar-refractivity contribution in [3.63, 3.8) is 0 Å². The Bertz CT molecular complexity index is 804. The Kier molecular flexibility index (Phi) is 5.31. The minimum absolute atomic E-state index is 0.0448. The molecule has 0 saturated carbocycles. The average Bonchev–Trinajstić information content (AvgIpc) is 2.60. The molecule has 0 aliphatic heterocycles. The van der Waals surface area contributed by atoms with Crippen LogP contribution in [-0.2, 0) is 9.47 Å². The van der Waals surface area contributed by atoms with Gasteiger partial charge >= 0.3 is 11.9 Å². The van der Waals surface area contributed by atoms with E-state index >= 15 is 0 Å². The molecular weight excluding hydrogens is 314 g/mol. The van der Waals surface area contributed by atoms with E-state index in [4.69, 9.17) is 9.47 Å². The van der Waals surface area contributed by atoms with Crippen LogP contribution in [0.3, 0.4) is 0 Å². The Labute approximate surface area is 137 Å². The zero-order valence-corrected chi connectivity index (χ0v) is 13.4. The third kappa shape index (κ3) is 3.12. The van der Waals surface area contributed by atoms with Crippen LogP contribution >= 0.6 is 0 Å². The smallest absolute Gasteiger partial charge is 0.359 e. The zero-order chi connectivity index (χ0) is 17.7. The highest BCUT2D eigenvalue weighted by Gasteiger charge is 2.28. The lowest BCUT2D eigenvalue weighted by Gasteiger charge is -2.14. The van der Waals surface area contributed by atoms with Crippen LogP contribution in [0.2, 0.25) is 0 Å². The number of hydrogen-bond acceptors (Lipinski definition) is 8. The van der Waals surface area contributed by atoms with Crippen LogP contribution in [0, 0.1) is 11.8 Å². The molecule has 0 bridgehead atoms. The second-order valence-corrected chi connectivity index (χ2v) is 4.70. The molecule has 8 heteroatoms. The van der Waals surface area contributed by atoms with Crippen molar-refractivity contribution in [1.29, 1.82) is 0 Å². The maximum atomic E-state index is 12.4. The third-order valence-corrected chi connectivity index (χ3v) is 3.28. The summed E-state index contributed by atoms with van der Waals surface area (Å²) in [4.78, 5) is 35.6. The minimum Gasteiger partial charge on any atom is -0.464 e. The van der Waals surface area contributed by atoms with Crippen LogP contribution in [-0.4, -0.2) is 35.9 Å². The van der Waals surface area contributed by atoms with Gasteiger partial charge in [0.05, 0.1) is 25.0 Å². The fourth-order valence-corrected chi connectivity index (χ4v) is 2.24. The summed E-state index contributed by atoms with van der Waals surface area (Å²) in [5.74, 6) is -1.46. The highest BCUT2D eigenvalue weighted by molar-refractivity contribution is 6.06. The molecule has 0 aliphatic rings. The number of carbonyl (C=O) groups is 2. The lowest BCUT2D eigenvalue weighted by Crippen LogP contribution is -2.17. The van der Waals surface area contributed by atoms with Gasteiger partial charge in [-0.2, -0.15) is 5.10 Å². The Hall–Kier alpha value is -3.16. The first-order valence-electron chi connectivity index (χ1n) is 7.10. The van der Waals surface area contributed by atoms with Crippen LogP contribution < -0.4 is 0 Å². The monoisotopic (exact) mass is 329 g/mol. The molecule has 0 aliphatic carbocycles. The number of aromatic nitrogens is 2. The predicted molar refractivity (Wildman–Crippen MR) is 85.0 cm³/mol. The van der Waals surface area contributed by atoms with Crippen LogP contribution in [0.4, 0.5) is 5.69 Å². The summed E-state index contributed by atoms with van der Waals surface area (Å²) >= 11 is 0. The molecular formula is C16H15N3O5. The van der Waals surface area contributed by atoms with E-state index < -0.39 is 11.9 Å². The van der Waals surface area contributed by atoms with Gasteiger partial charge in [-0.1, -0.05) is 18.2 Å². The zero-order valence-electron chi connectivity index (χ0n) is 13.4. The second kappa shape index (κ2) is 7.40. The Morgan fingerprint density at radius 1 is 1.17 bits per heavy atom. The van der Waals surface area contributed by atoms with Crippen LogP contribution in [0.15, 0.2) is 29.4 Å². The number of nitrogens with zero attached hydrogens (tertiary/aromatic N) is 3. The van der Waals surface area contributed by atoms with Gasteiger partial charge in [-0.3, -0.25) is 0 Å². The predicted octanol–water partition coefficient (Wildman–Crippen LogP) is 2.81.